The SMILES string of the molecule is I.NC(=NCC1CCN(C2CC2)C1)Nc1ccc2c(c1)OCCCO2. The van der Waals surface area contributed by atoms with Crippen molar-refractivity contribution in [3.05, 3.63) is 18.2 Å². The highest BCUT2D eigenvalue weighted by Crippen LogP contribution is 2.33. The van der Waals surface area contributed by atoms with E-state index in [9.17, 15) is 0 Å². The minimum absolute atomic E-state index is 0. The van der Waals surface area contributed by atoms with E-state index in [4.69, 9.17) is 15.2 Å². The van der Waals surface area contributed by atoms with E-state index >= 15 is 0 Å². The van der Waals surface area contributed by atoms with Crippen LogP contribution in [0.15, 0.2) is 23.2 Å². The van der Waals surface area contributed by atoms with Gasteiger partial charge < -0.3 is 25.4 Å². The summed E-state index contributed by atoms with van der Waals surface area (Å²) in [7, 11) is 0. The number of halogens is 1. The quantitative estimate of drug-likeness (QED) is 0.413. The molecule has 4 rings (SSSR count). The van der Waals surface area contributed by atoms with Crippen molar-refractivity contribution in [1.29, 1.82) is 0 Å². The van der Waals surface area contributed by atoms with Crippen LogP contribution in [0.2, 0.25) is 0 Å². The average molecular weight is 458 g/mol. The van der Waals surface area contributed by atoms with Gasteiger partial charge in [-0.25, -0.2) is 0 Å². The molecule has 6 nitrogen and oxygen atoms in total. The number of hydrogen-bond donors (Lipinski definition) is 2. The third-order valence-corrected chi connectivity index (χ3v) is 4.92. The van der Waals surface area contributed by atoms with Crippen molar-refractivity contribution in [1.82, 2.24) is 4.90 Å². The average Bonchev–Trinajstić information content (AvgIpc) is 3.36. The number of likely N-dealkylation sites (tertiary alicyclic amines) is 1. The molecule has 1 saturated heterocycles. The Balaban J connectivity index is 0.00000182. The minimum atomic E-state index is 0. The van der Waals surface area contributed by atoms with E-state index in [-0.39, 0.29) is 24.0 Å². The van der Waals surface area contributed by atoms with E-state index in [0.717, 1.165) is 36.2 Å². The fraction of sp³-hybridized carbons (Fsp3) is 0.611. The maximum atomic E-state index is 6.05. The Kier molecular flexibility index (Phi) is 6.27. The molecule has 1 aromatic rings. The van der Waals surface area contributed by atoms with Crippen molar-refractivity contribution in [3.63, 3.8) is 0 Å². The zero-order chi connectivity index (χ0) is 16.4. The van der Waals surface area contributed by atoms with Gasteiger partial charge in [-0.1, -0.05) is 0 Å². The molecule has 3 N–H and O–H groups in total. The van der Waals surface area contributed by atoms with Crippen LogP contribution < -0.4 is 20.5 Å². The van der Waals surface area contributed by atoms with E-state index in [1.807, 2.05) is 18.2 Å². The molecule has 2 fully saturated rings. The third kappa shape index (κ3) is 4.91. The molecule has 0 bridgehead atoms. The predicted octanol–water partition coefficient (Wildman–Crippen LogP) is 2.68. The summed E-state index contributed by atoms with van der Waals surface area (Å²) >= 11 is 0. The van der Waals surface area contributed by atoms with Gasteiger partial charge in [0.2, 0.25) is 0 Å². The smallest absolute Gasteiger partial charge is 0.193 e. The van der Waals surface area contributed by atoms with Crippen LogP contribution in [-0.2, 0) is 0 Å². The van der Waals surface area contributed by atoms with Crippen molar-refractivity contribution >= 4 is 35.6 Å². The van der Waals surface area contributed by atoms with Crippen LogP contribution >= 0.6 is 24.0 Å². The standard InChI is InChI=1S/C18H26N4O2.HI/c19-18(20-11-13-6-7-22(12-13)15-3-4-15)21-14-2-5-16-17(10-14)24-9-1-8-23-16;/h2,5,10,13,15H,1,3-4,6-9,11-12H2,(H3,19,20,21);1H. The Labute approximate surface area is 166 Å². The summed E-state index contributed by atoms with van der Waals surface area (Å²) in [5.41, 5.74) is 6.93. The number of fused-ring (bicyclic) bond motifs is 1. The molecule has 2 heterocycles. The second-order valence-corrected chi connectivity index (χ2v) is 6.94. The van der Waals surface area contributed by atoms with E-state index in [1.165, 1.54) is 32.4 Å². The summed E-state index contributed by atoms with van der Waals surface area (Å²) in [6, 6.07) is 6.64. The largest absolute Gasteiger partial charge is 0.490 e. The van der Waals surface area contributed by atoms with Gasteiger partial charge in [-0.15, -0.1) is 24.0 Å². The molecule has 0 aromatic heterocycles. The number of ether oxygens (including phenoxy) is 2. The Morgan fingerprint density at radius 2 is 2.00 bits per heavy atom. The molecule has 25 heavy (non-hydrogen) atoms. The zero-order valence-electron chi connectivity index (χ0n) is 14.4. The van der Waals surface area contributed by atoms with Gasteiger partial charge in [0.05, 0.1) is 13.2 Å². The van der Waals surface area contributed by atoms with Gasteiger partial charge in [-0.2, -0.15) is 0 Å². The van der Waals surface area contributed by atoms with Gasteiger partial charge in [-0.3, -0.25) is 4.99 Å². The highest BCUT2D eigenvalue weighted by Gasteiger charge is 2.34. The highest BCUT2D eigenvalue weighted by molar-refractivity contribution is 14.0. The molecule has 1 saturated carbocycles. The molecule has 1 atom stereocenters. The summed E-state index contributed by atoms with van der Waals surface area (Å²) < 4.78 is 11.3. The number of anilines is 1. The van der Waals surface area contributed by atoms with Gasteiger partial charge in [0.25, 0.3) is 0 Å². The Morgan fingerprint density at radius 3 is 2.80 bits per heavy atom. The fourth-order valence-corrected chi connectivity index (χ4v) is 3.44. The maximum absolute atomic E-state index is 6.05. The Bertz CT molecular complexity index is 621. The normalized spacial score (nSPS) is 23.7. The van der Waals surface area contributed by atoms with Gasteiger partial charge >= 0.3 is 0 Å². The number of nitrogens with zero attached hydrogens (tertiary/aromatic N) is 2. The summed E-state index contributed by atoms with van der Waals surface area (Å²) in [6.45, 7) is 4.57. The Hall–Kier alpha value is -1.22. The lowest BCUT2D eigenvalue weighted by molar-refractivity contribution is 0.297. The lowest BCUT2D eigenvalue weighted by Crippen LogP contribution is -2.25. The summed E-state index contributed by atoms with van der Waals surface area (Å²) in [5, 5.41) is 3.16. The first-order valence-corrected chi connectivity index (χ1v) is 8.98. The van der Waals surface area contributed by atoms with Crippen LogP contribution in [0, 0.1) is 5.92 Å². The fourth-order valence-electron chi connectivity index (χ4n) is 3.44. The molecule has 2 aliphatic heterocycles. The van der Waals surface area contributed by atoms with Crippen LogP contribution in [0.4, 0.5) is 5.69 Å². The van der Waals surface area contributed by atoms with Crippen molar-refractivity contribution in [2.24, 2.45) is 16.6 Å². The summed E-state index contributed by atoms with van der Waals surface area (Å²) in [4.78, 5) is 7.14. The van der Waals surface area contributed by atoms with Crippen LogP contribution in [0.1, 0.15) is 25.7 Å². The number of benzene rings is 1. The van der Waals surface area contributed by atoms with E-state index in [2.05, 4.69) is 15.2 Å². The summed E-state index contributed by atoms with van der Waals surface area (Å²) in [6.07, 6.45) is 4.89. The van der Waals surface area contributed by atoms with Crippen LogP contribution in [0.5, 0.6) is 11.5 Å². The topological polar surface area (TPSA) is 72.1 Å². The van der Waals surface area contributed by atoms with Crippen molar-refractivity contribution in [3.8, 4) is 11.5 Å². The zero-order valence-corrected chi connectivity index (χ0v) is 16.8. The summed E-state index contributed by atoms with van der Waals surface area (Å²) in [5.74, 6) is 2.66. The molecule has 0 radical (unpaired) electrons. The number of aliphatic imine (C=N–C) groups is 1. The Morgan fingerprint density at radius 1 is 1.20 bits per heavy atom. The first kappa shape index (κ1) is 18.6. The number of hydrogen-bond acceptors (Lipinski definition) is 4. The minimum Gasteiger partial charge on any atom is -0.490 e. The molecule has 1 aromatic carbocycles. The molecule has 0 amide bonds. The van der Waals surface area contributed by atoms with Crippen LogP contribution in [0.25, 0.3) is 0 Å². The number of nitrogens with one attached hydrogen (secondary N) is 1. The molecule has 1 aliphatic carbocycles. The van der Waals surface area contributed by atoms with Gasteiger partial charge in [0.15, 0.2) is 17.5 Å². The van der Waals surface area contributed by atoms with Crippen LogP contribution in [0.3, 0.4) is 0 Å². The molecular weight excluding hydrogens is 431 g/mol. The van der Waals surface area contributed by atoms with Gasteiger partial charge in [0, 0.05) is 37.3 Å². The lowest BCUT2D eigenvalue weighted by atomic mass is 10.1. The maximum Gasteiger partial charge on any atom is 0.193 e. The van der Waals surface area contributed by atoms with Crippen LogP contribution in [-0.4, -0.2) is 49.7 Å². The third-order valence-electron chi connectivity index (χ3n) is 4.92. The number of rotatable bonds is 4. The van der Waals surface area contributed by atoms with E-state index in [1.54, 1.807) is 0 Å². The first-order chi connectivity index (χ1) is 11.8. The number of guanidine groups is 1. The molecule has 7 heteroatoms. The van der Waals surface area contributed by atoms with Crippen molar-refractivity contribution < 1.29 is 9.47 Å². The second-order valence-electron chi connectivity index (χ2n) is 6.94. The first-order valence-electron chi connectivity index (χ1n) is 8.98. The molecule has 3 aliphatic rings. The van der Waals surface area contributed by atoms with Gasteiger partial charge in [-0.05, 0) is 43.9 Å². The highest BCUT2D eigenvalue weighted by atomic mass is 127. The van der Waals surface area contributed by atoms with Crippen molar-refractivity contribution in [2.45, 2.75) is 31.7 Å². The van der Waals surface area contributed by atoms with E-state index in [0.29, 0.717) is 25.1 Å². The second kappa shape index (κ2) is 8.44. The molecular formula is C18H27IN4O2. The predicted molar refractivity (Wildman–Crippen MR) is 110 cm³/mol. The monoisotopic (exact) mass is 458 g/mol. The molecule has 1 unspecified atom stereocenters. The molecule has 138 valence electrons. The van der Waals surface area contributed by atoms with Gasteiger partial charge in [0.1, 0.15) is 0 Å². The lowest BCUT2D eigenvalue weighted by Gasteiger charge is -2.14. The molecule has 0 spiro atoms. The van der Waals surface area contributed by atoms with E-state index < -0.39 is 0 Å². The number of nitrogens with two attached hydrogens (primary N) is 1. The van der Waals surface area contributed by atoms with Crippen molar-refractivity contribution in [2.75, 3.05) is 38.2 Å².